The molecule has 3 aromatic carbocycles. The van der Waals surface area contributed by atoms with E-state index in [1.807, 2.05) is 91.1 Å². The van der Waals surface area contributed by atoms with Crippen molar-refractivity contribution < 1.29 is 0 Å². The number of aromatic nitrogens is 3. The number of H-pyrrole nitrogens is 1. The Morgan fingerprint density at radius 1 is 0.903 bits per heavy atom. The van der Waals surface area contributed by atoms with Crippen LogP contribution in [-0.4, -0.2) is 29.5 Å². The van der Waals surface area contributed by atoms with Gasteiger partial charge in [0.25, 0.3) is 0 Å². The third kappa shape index (κ3) is 4.21. The maximum atomic E-state index is 13.2. The summed E-state index contributed by atoms with van der Waals surface area (Å²) in [6, 6.07) is 27.8. The summed E-state index contributed by atoms with van der Waals surface area (Å²) in [5, 5.41) is 0.708. The van der Waals surface area contributed by atoms with Crippen molar-refractivity contribution in [2.75, 3.05) is 0 Å². The van der Waals surface area contributed by atoms with Crippen molar-refractivity contribution >= 4 is 35.6 Å². The summed E-state index contributed by atoms with van der Waals surface area (Å²) >= 11 is 5.99. The van der Waals surface area contributed by atoms with Gasteiger partial charge in [-0.3, -0.25) is 0 Å². The van der Waals surface area contributed by atoms with Crippen LogP contribution in [0.3, 0.4) is 0 Å². The Bertz CT molecular complexity index is 1350. The zero-order valence-electron chi connectivity index (χ0n) is 16.5. The van der Waals surface area contributed by atoms with Gasteiger partial charge in [0, 0.05) is 0 Å². The van der Waals surface area contributed by atoms with Crippen LogP contribution in [0.15, 0.2) is 95.9 Å². The zero-order chi connectivity index (χ0) is 21.2. The number of nitrogens with zero attached hydrogens (tertiary/aromatic N) is 2. The van der Waals surface area contributed by atoms with Crippen LogP contribution >= 0.6 is 11.6 Å². The molecule has 0 atom stereocenters. The first-order valence-corrected chi connectivity index (χ1v) is 11.9. The van der Waals surface area contributed by atoms with Crippen LogP contribution in [0.4, 0.5) is 0 Å². The number of nitrogens with one attached hydrogen (secondary N) is 1. The Labute approximate surface area is 191 Å². The van der Waals surface area contributed by atoms with Crippen molar-refractivity contribution in [3.05, 3.63) is 118 Å². The van der Waals surface area contributed by atoms with E-state index < -0.39 is 0 Å². The first kappa shape index (κ1) is 19.8. The van der Waals surface area contributed by atoms with Gasteiger partial charge in [-0.25, -0.2) is 0 Å². The van der Waals surface area contributed by atoms with Crippen molar-refractivity contribution in [2.45, 2.75) is 6.42 Å². The maximum absolute atomic E-state index is 13.2. The Morgan fingerprint density at radius 3 is 2.29 bits per heavy atom. The second-order valence-corrected chi connectivity index (χ2v) is 9.85. The number of halogens is 1. The molecule has 3 aromatic rings. The SMILES string of the molecule is O=c1c(Cc2ccccc2)nc2c([Se]c3ccc(Cl)cc3)[nH]c(-c3ccccc3)cn1-2. The molecule has 0 saturated carbocycles. The van der Waals surface area contributed by atoms with E-state index in [1.165, 1.54) is 0 Å². The van der Waals surface area contributed by atoms with E-state index in [-0.39, 0.29) is 20.5 Å². The summed E-state index contributed by atoms with van der Waals surface area (Å²) in [6.45, 7) is 0. The second kappa shape index (κ2) is 8.56. The zero-order valence-corrected chi connectivity index (χ0v) is 18.9. The minimum atomic E-state index is -0.0711. The summed E-state index contributed by atoms with van der Waals surface area (Å²) < 4.78 is 3.79. The molecule has 0 amide bonds. The molecule has 31 heavy (non-hydrogen) atoms. The van der Waals surface area contributed by atoms with Gasteiger partial charge in [-0.2, -0.15) is 0 Å². The minimum absolute atomic E-state index is 0.0710. The molecule has 0 bridgehead atoms. The van der Waals surface area contributed by atoms with Gasteiger partial charge in [-0.05, 0) is 0 Å². The van der Waals surface area contributed by atoms with E-state index in [2.05, 4.69) is 4.98 Å². The second-order valence-electron chi connectivity index (χ2n) is 7.14. The molecule has 0 aromatic heterocycles. The van der Waals surface area contributed by atoms with Crippen molar-refractivity contribution in [1.82, 2.24) is 14.5 Å². The van der Waals surface area contributed by atoms with Crippen molar-refractivity contribution in [3.8, 4) is 17.1 Å². The van der Waals surface area contributed by atoms with Crippen LogP contribution in [0.2, 0.25) is 5.02 Å². The van der Waals surface area contributed by atoms with Crippen LogP contribution in [0.1, 0.15) is 11.3 Å². The molecule has 0 radical (unpaired) electrons. The first-order valence-electron chi connectivity index (χ1n) is 9.84. The standard InChI is InChI=1S/C25H18ClN3OSe/c26-19-11-13-20(14-12-19)31-24-23-27-21(15-17-7-3-1-4-8-17)25(30)29(23)16-22(28-24)18-9-5-2-6-10-18/h1-14,16,28H,15H2. The number of hydrogen-bond acceptors (Lipinski definition) is 2. The summed E-state index contributed by atoms with van der Waals surface area (Å²) in [6.07, 6.45) is 2.37. The quantitative estimate of drug-likeness (QED) is 0.383. The van der Waals surface area contributed by atoms with Gasteiger partial charge in [0.15, 0.2) is 0 Å². The van der Waals surface area contributed by atoms with E-state index >= 15 is 0 Å². The summed E-state index contributed by atoms with van der Waals surface area (Å²) in [4.78, 5) is 21.6. The predicted octanol–water partition coefficient (Wildman–Crippen LogP) is 3.56. The number of hydrogen-bond donors (Lipinski definition) is 1. The molecule has 6 heteroatoms. The molecular formula is C25H18ClN3OSe. The van der Waals surface area contributed by atoms with Gasteiger partial charge in [-0.1, -0.05) is 0 Å². The molecule has 2 aliphatic heterocycles. The van der Waals surface area contributed by atoms with Gasteiger partial charge < -0.3 is 0 Å². The van der Waals surface area contributed by atoms with Gasteiger partial charge >= 0.3 is 191 Å². The topological polar surface area (TPSA) is 50.7 Å². The van der Waals surface area contributed by atoms with Gasteiger partial charge in [-0.15, -0.1) is 0 Å². The van der Waals surface area contributed by atoms with Crippen LogP contribution in [0.5, 0.6) is 0 Å². The molecule has 1 N–H and O–H groups in total. The van der Waals surface area contributed by atoms with Crippen LogP contribution in [0.25, 0.3) is 17.1 Å². The fourth-order valence-electron chi connectivity index (χ4n) is 3.44. The fraction of sp³-hybridized carbons (Fsp3) is 0.0400. The van der Waals surface area contributed by atoms with E-state index in [1.54, 1.807) is 4.57 Å². The van der Waals surface area contributed by atoms with E-state index in [9.17, 15) is 4.79 Å². The summed E-state index contributed by atoms with van der Waals surface area (Å²) in [5.41, 5.74) is 3.46. The fourth-order valence-corrected chi connectivity index (χ4v) is 5.47. The Hall–Kier alpha value is -3.11. The molecule has 4 nitrogen and oxygen atoms in total. The number of imidazole rings is 1. The van der Waals surface area contributed by atoms with E-state index in [4.69, 9.17) is 16.6 Å². The van der Waals surface area contributed by atoms with Crippen LogP contribution < -0.4 is 14.6 Å². The molecule has 0 unspecified atom stereocenters. The van der Waals surface area contributed by atoms with Crippen molar-refractivity contribution in [1.29, 1.82) is 0 Å². The Morgan fingerprint density at radius 2 is 1.58 bits per heavy atom. The normalized spacial score (nSPS) is 11.1. The molecule has 5 rings (SSSR count). The number of benzene rings is 3. The monoisotopic (exact) mass is 491 g/mol. The van der Waals surface area contributed by atoms with Crippen molar-refractivity contribution in [2.24, 2.45) is 0 Å². The number of aromatic amines is 1. The summed E-state index contributed by atoms with van der Waals surface area (Å²) in [7, 11) is 0. The Balaban J connectivity index is 1.64. The molecular weight excluding hydrogens is 473 g/mol. The van der Waals surface area contributed by atoms with Crippen LogP contribution in [0, 0.1) is 0 Å². The molecule has 0 saturated heterocycles. The first-order chi connectivity index (χ1) is 15.2. The van der Waals surface area contributed by atoms with Crippen molar-refractivity contribution in [3.63, 3.8) is 0 Å². The molecule has 152 valence electrons. The average Bonchev–Trinajstić information content (AvgIpc) is 3.12. The number of fused-ring (bicyclic) bond motifs is 1. The van der Waals surface area contributed by atoms with E-state index in [0.717, 1.165) is 25.9 Å². The van der Waals surface area contributed by atoms with Gasteiger partial charge in [0.1, 0.15) is 0 Å². The summed E-state index contributed by atoms with van der Waals surface area (Å²) in [5.74, 6) is 0.686. The molecule has 2 aliphatic rings. The average molecular weight is 491 g/mol. The predicted molar refractivity (Wildman–Crippen MR) is 127 cm³/mol. The van der Waals surface area contributed by atoms with E-state index in [0.29, 0.717) is 23.0 Å². The number of rotatable bonds is 5. The third-order valence-electron chi connectivity index (χ3n) is 4.98. The van der Waals surface area contributed by atoms with Gasteiger partial charge in [0.05, 0.1) is 0 Å². The Kier molecular flexibility index (Phi) is 5.47. The third-order valence-corrected chi connectivity index (χ3v) is 7.32. The molecule has 2 heterocycles. The molecule has 0 aliphatic carbocycles. The van der Waals surface area contributed by atoms with Crippen LogP contribution in [-0.2, 0) is 6.42 Å². The molecule has 0 fully saturated rings. The van der Waals surface area contributed by atoms with Gasteiger partial charge in [0.2, 0.25) is 0 Å². The molecule has 0 spiro atoms.